The van der Waals surface area contributed by atoms with E-state index in [1.807, 2.05) is 42.7 Å². The number of aryl methyl sites for hydroxylation is 1. The predicted molar refractivity (Wildman–Crippen MR) is 134 cm³/mol. The molecule has 2 aliphatic heterocycles. The normalized spacial score (nSPS) is 16.4. The van der Waals surface area contributed by atoms with Gasteiger partial charge in [-0.2, -0.15) is 0 Å². The van der Waals surface area contributed by atoms with E-state index in [-0.39, 0.29) is 17.5 Å². The average molecular weight is 494 g/mol. The summed E-state index contributed by atoms with van der Waals surface area (Å²) < 4.78 is 12.9. The fraction of sp³-hybridized carbons (Fsp3) is 0.160. The van der Waals surface area contributed by atoms with E-state index in [0.717, 1.165) is 22.6 Å². The van der Waals surface area contributed by atoms with Crippen molar-refractivity contribution < 1.29 is 19.1 Å². The van der Waals surface area contributed by atoms with Gasteiger partial charge < -0.3 is 14.0 Å². The molecule has 3 heterocycles. The maximum atomic E-state index is 13.4. The Morgan fingerprint density at radius 1 is 1.06 bits per heavy atom. The van der Waals surface area contributed by atoms with E-state index in [9.17, 15) is 9.59 Å². The molecule has 2 aliphatic rings. The second-order valence-electron chi connectivity index (χ2n) is 8.04. The van der Waals surface area contributed by atoms with E-state index in [1.165, 1.54) is 4.90 Å². The number of amides is 2. The SMILES string of the molecule is Cc1c(Cl)cccc1N1C(=O)/C(=C/c2cc(C)n(-c3ccc4c(c3)OCO4)c2C)C(=O)NC1=S. The van der Waals surface area contributed by atoms with Crippen molar-refractivity contribution in [2.24, 2.45) is 0 Å². The van der Waals surface area contributed by atoms with Gasteiger partial charge in [-0.3, -0.25) is 19.8 Å². The molecule has 1 fully saturated rings. The third kappa shape index (κ3) is 3.55. The lowest BCUT2D eigenvalue weighted by Crippen LogP contribution is -2.54. The zero-order valence-electron chi connectivity index (χ0n) is 18.6. The molecular weight excluding hydrogens is 474 g/mol. The summed E-state index contributed by atoms with van der Waals surface area (Å²) in [5, 5.41) is 3.14. The molecule has 0 aliphatic carbocycles. The molecule has 0 unspecified atom stereocenters. The van der Waals surface area contributed by atoms with Crippen LogP contribution in [0.15, 0.2) is 48.0 Å². The van der Waals surface area contributed by atoms with Crippen molar-refractivity contribution in [1.29, 1.82) is 0 Å². The standard InChI is InChI=1S/C25H20ClN3O4S/c1-13-9-16(15(3)28(13)17-7-8-21-22(11-17)33-12-32-21)10-18-23(30)27-25(34)29(24(18)31)20-6-4-5-19(26)14(20)2/h4-11H,12H2,1-3H3,(H,27,30,34)/b18-10+. The molecule has 7 nitrogen and oxygen atoms in total. The summed E-state index contributed by atoms with van der Waals surface area (Å²) in [6.07, 6.45) is 1.60. The highest BCUT2D eigenvalue weighted by molar-refractivity contribution is 7.80. The van der Waals surface area contributed by atoms with Gasteiger partial charge >= 0.3 is 0 Å². The van der Waals surface area contributed by atoms with Gasteiger partial charge in [0.25, 0.3) is 11.8 Å². The van der Waals surface area contributed by atoms with E-state index in [0.29, 0.717) is 27.8 Å². The van der Waals surface area contributed by atoms with Crippen LogP contribution in [0, 0.1) is 20.8 Å². The quantitative estimate of drug-likeness (QED) is 0.327. The molecule has 2 aromatic carbocycles. The Kier molecular flexibility index (Phi) is 5.42. The number of carbonyl (C=O) groups excluding carboxylic acids is 2. The highest BCUT2D eigenvalue weighted by Gasteiger charge is 2.35. The van der Waals surface area contributed by atoms with Gasteiger partial charge in [0, 0.05) is 28.2 Å². The molecule has 1 aromatic heterocycles. The molecule has 0 saturated carbocycles. The first-order chi connectivity index (χ1) is 16.3. The summed E-state index contributed by atoms with van der Waals surface area (Å²) in [6, 6.07) is 12.8. The second-order valence-corrected chi connectivity index (χ2v) is 8.84. The lowest BCUT2D eigenvalue weighted by atomic mass is 10.1. The minimum atomic E-state index is -0.543. The molecule has 172 valence electrons. The van der Waals surface area contributed by atoms with Gasteiger partial charge in [0.1, 0.15) is 5.57 Å². The minimum Gasteiger partial charge on any atom is -0.454 e. The Labute approximate surface area is 206 Å². The van der Waals surface area contributed by atoms with E-state index < -0.39 is 11.8 Å². The number of aromatic nitrogens is 1. The second kappa shape index (κ2) is 8.30. The van der Waals surface area contributed by atoms with Gasteiger partial charge in [0.05, 0.1) is 5.69 Å². The first-order valence-corrected chi connectivity index (χ1v) is 11.3. The zero-order chi connectivity index (χ0) is 24.1. The molecule has 0 spiro atoms. The van der Waals surface area contributed by atoms with Gasteiger partial charge in [-0.15, -0.1) is 0 Å². The first-order valence-electron chi connectivity index (χ1n) is 10.5. The summed E-state index contributed by atoms with van der Waals surface area (Å²) in [6.45, 7) is 5.88. The Morgan fingerprint density at radius 3 is 2.62 bits per heavy atom. The van der Waals surface area contributed by atoms with Crippen LogP contribution >= 0.6 is 23.8 Å². The van der Waals surface area contributed by atoms with Gasteiger partial charge in [0.15, 0.2) is 16.6 Å². The Bertz CT molecular complexity index is 1430. The van der Waals surface area contributed by atoms with Crippen molar-refractivity contribution in [2.75, 3.05) is 11.7 Å². The first kappa shape index (κ1) is 22.2. The highest BCUT2D eigenvalue weighted by Crippen LogP contribution is 2.35. The maximum absolute atomic E-state index is 13.4. The van der Waals surface area contributed by atoms with Gasteiger partial charge in [0.2, 0.25) is 6.79 Å². The summed E-state index contributed by atoms with van der Waals surface area (Å²) in [4.78, 5) is 27.5. The van der Waals surface area contributed by atoms with Crippen molar-refractivity contribution in [3.8, 4) is 17.2 Å². The molecule has 9 heteroatoms. The molecule has 1 saturated heterocycles. The lowest BCUT2D eigenvalue weighted by Gasteiger charge is -2.30. The summed E-state index contributed by atoms with van der Waals surface area (Å²) in [7, 11) is 0. The predicted octanol–water partition coefficient (Wildman–Crippen LogP) is 4.62. The van der Waals surface area contributed by atoms with Crippen molar-refractivity contribution in [3.05, 3.63) is 75.6 Å². The summed E-state index contributed by atoms with van der Waals surface area (Å²) >= 11 is 11.6. The van der Waals surface area contributed by atoms with Gasteiger partial charge in [-0.25, -0.2) is 0 Å². The van der Waals surface area contributed by atoms with Crippen LogP contribution in [-0.4, -0.2) is 28.3 Å². The maximum Gasteiger partial charge on any atom is 0.270 e. The van der Waals surface area contributed by atoms with Crippen LogP contribution in [0.25, 0.3) is 11.8 Å². The van der Waals surface area contributed by atoms with E-state index in [1.54, 1.807) is 31.2 Å². The molecule has 0 bridgehead atoms. The number of hydrogen-bond donors (Lipinski definition) is 1. The third-order valence-corrected chi connectivity index (χ3v) is 6.66. The number of carbonyl (C=O) groups is 2. The van der Waals surface area contributed by atoms with Crippen molar-refractivity contribution in [3.63, 3.8) is 0 Å². The topological polar surface area (TPSA) is 72.8 Å². The van der Waals surface area contributed by atoms with Gasteiger partial charge in [-0.05, 0) is 80.5 Å². The lowest BCUT2D eigenvalue weighted by molar-refractivity contribution is -0.122. The number of ether oxygens (including phenoxy) is 2. The molecule has 3 aromatic rings. The van der Waals surface area contributed by atoms with Crippen molar-refractivity contribution >= 4 is 52.5 Å². The van der Waals surface area contributed by atoms with Crippen LogP contribution in [0.5, 0.6) is 11.5 Å². The van der Waals surface area contributed by atoms with Crippen LogP contribution in [0.2, 0.25) is 5.02 Å². The number of hydrogen-bond acceptors (Lipinski definition) is 5. The third-order valence-electron chi connectivity index (χ3n) is 5.97. The minimum absolute atomic E-state index is 0.0149. The number of fused-ring (bicyclic) bond motifs is 1. The molecular formula is C25H20ClN3O4S. The van der Waals surface area contributed by atoms with Crippen molar-refractivity contribution in [2.45, 2.75) is 20.8 Å². The van der Waals surface area contributed by atoms with Crippen LogP contribution in [0.1, 0.15) is 22.5 Å². The number of thiocarbonyl (C=S) groups is 1. The number of rotatable bonds is 3. The van der Waals surface area contributed by atoms with Crippen LogP contribution in [-0.2, 0) is 9.59 Å². The fourth-order valence-corrected chi connectivity index (χ4v) is 4.67. The van der Waals surface area contributed by atoms with Crippen LogP contribution < -0.4 is 19.7 Å². The average Bonchev–Trinajstić information content (AvgIpc) is 3.37. The molecule has 0 atom stereocenters. The molecule has 1 N–H and O–H groups in total. The zero-order valence-corrected chi connectivity index (χ0v) is 20.2. The van der Waals surface area contributed by atoms with E-state index >= 15 is 0 Å². The van der Waals surface area contributed by atoms with Crippen LogP contribution in [0.4, 0.5) is 5.69 Å². The number of nitrogens with zero attached hydrogens (tertiary/aromatic N) is 2. The molecule has 2 amide bonds. The number of halogens is 1. The number of nitrogens with one attached hydrogen (secondary N) is 1. The number of benzene rings is 2. The molecule has 0 radical (unpaired) electrons. The summed E-state index contributed by atoms with van der Waals surface area (Å²) in [5.41, 5.74) is 4.63. The Morgan fingerprint density at radius 2 is 1.82 bits per heavy atom. The molecule has 5 rings (SSSR count). The monoisotopic (exact) mass is 493 g/mol. The highest BCUT2D eigenvalue weighted by atomic mass is 35.5. The Balaban J connectivity index is 1.56. The van der Waals surface area contributed by atoms with Gasteiger partial charge in [-0.1, -0.05) is 17.7 Å². The van der Waals surface area contributed by atoms with E-state index in [2.05, 4.69) is 5.32 Å². The fourth-order valence-electron chi connectivity index (χ4n) is 4.23. The number of anilines is 1. The Hall–Kier alpha value is -3.62. The molecule has 34 heavy (non-hydrogen) atoms. The largest absolute Gasteiger partial charge is 0.454 e. The van der Waals surface area contributed by atoms with E-state index in [4.69, 9.17) is 33.3 Å². The summed E-state index contributed by atoms with van der Waals surface area (Å²) in [5.74, 6) is 0.323. The smallest absolute Gasteiger partial charge is 0.270 e. The van der Waals surface area contributed by atoms with Crippen molar-refractivity contribution in [1.82, 2.24) is 9.88 Å². The van der Waals surface area contributed by atoms with Crippen LogP contribution in [0.3, 0.4) is 0 Å².